The molecule has 0 aliphatic heterocycles. The van der Waals surface area contributed by atoms with E-state index in [4.69, 9.17) is 4.74 Å². The van der Waals surface area contributed by atoms with E-state index < -0.39 is 0 Å². The third-order valence-electron chi connectivity index (χ3n) is 4.20. The SMILES string of the molecule is CCc1ccc(NCC(=O)Nc2ccc(OCc3ccccc3)cc2)cc1. The van der Waals surface area contributed by atoms with Crippen molar-refractivity contribution in [1.29, 1.82) is 0 Å². The Balaban J connectivity index is 1.45. The van der Waals surface area contributed by atoms with Gasteiger partial charge >= 0.3 is 0 Å². The second-order valence-corrected chi connectivity index (χ2v) is 6.25. The number of carbonyl (C=O) groups excluding carboxylic acids is 1. The van der Waals surface area contributed by atoms with Gasteiger partial charge in [0.25, 0.3) is 0 Å². The Hall–Kier alpha value is -3.27. The van der Waals surface area contributed by atoms with E-state index in [0.29, 0.717) is 6.61 Å². The first-order chi connectivity index (χ1) is 13.2. The van der Waals surface area contributed by atoms with Crippen molar-refractivity contribution in [3.63, 3.8) is 0 Å². The highest BCUT2D eigenvalue weighted by atomic mass is 16.5. The Morgan fingerprint density at radius 2 is 1.48 bits per heavy atom. The van der Waals surface area contributed by atoms with Crippen LogP contribution in [0.5, 0.6) is 5.75 Å². The summed E-state index contributed by atoms with van der Waals surface area (Å²) in [5.41, 5.74) is 4.08. The normalized spacial score (nSPS) is 10.3. The fourth-order valence-corrected chi connectivity index (χ4v) is 2.62. The number of nitrogens with one attached hydrogen (secondary N) is 2. The van der Waals surface area contributed by atoms with Gasteiger partial charge < -0.3 is 15.4 Å². The summed E-state index contributed by atoms with van der Waals surface area (Å²) in [5.74, 6) is 0.679. The van der Waals surface area contributed by atoms with Crippen LogP contribution in [0.2, 0.25) is 0 Å². The minimum atomic E-state index is -0.0903. The predicted octanol–water partition coefficient (Wildman–Crippen LogP) is 4.88. The molecule has 0 unspecified atom stereocenters. The maximum Gasteiger partial charge on any atom is 0.243 e. The average Bonchev–Trinajstić information content (AvgIpc) is 2.73. The van der Waals surface area contributed by atoms with Gasteiger partial charge in [-0.05, 0) is 53.9 Å². The molecule has 27 heavy (non-hydrogen) atoms. The molecule has 0 saturated carbocycles. The lowest BCUT2D eigenvalue weighted by Crippen LogP contribution is -2.21. The van der Waals surface area contributed by atoms with Crippen molar-refractivity contribution in [2.75, 3.05) is 17.2 Å². The van der Waals surface area contributed by atoms with E-state index in [1.807, 2.05) is 66.7 Å². The molecule has 0 aliphatic rings. The van der Waals surface area contributed by atoms with E-state index in [2.05, 4.69) is 29.7 Å². The van der Waals surface area contributed by atoms with Gasteiger partial charge in [-0.1, -0.05) is 49.4 Å². The third kappa shape index (κ3) is 5.89. The summed E-state index contributed by atoms with van der Waals surface area (Å²) in [6.07, 6.45) is 1.01. The monoisotopic (exact) mass is 360 g/mol. The van der Waals surface area contributed by atoms with Crippen LogP contribution >= 0.6 is 0 Å². The van der Waals surface area contributed by atoms with E-state index in [1.54, 1.807) is 0 Å². The highest BCUT2D eigenvalue weighted by Crippen LogP contribution is 2.17. The van der Waals surface area contributed by atoms with Gasteiger partial charge in [-0.2, -0.15) is 0 Å². The number of benzene rings is 3. The molecular formula is C23H24N2O2. The Labute approximate surface area is 160 Å². The molecule has 3 aromatic rings. The summed E-state index contributed by atoms with van der Waals surface area (Å²) in [5, 5.41) is 6.01. The van der Waals surface area contributed by atoms with Crippen LogP contribution in [0.1, 0.15) is 18.1 Å². The lowest BCUT2D eigenvalue weighted by atomic mass is 10.1. The van der Waals surface area contributed by atoms with Gasteiger partial charge in [0.15, 0.2) is 0 Å². The van der Waals surface area contributed by atoms with Crippen molar-refractivity contribution in [3.05, 3.63) is 90.0 Å². The van der Waals surface area contributed by atoms with Crippen LogP contribution in [-0.4, -0.2) is 12.5 Å². The van der Waals surface area contributed by atoms with Crippen molar-refractivity contribution < 1.29 is 9.53 Å². The zero-order valence-corrected chi connectivity index (χ0v) is 15.4. The smallest absolute Gasteiger partial charge is 0.243 e. The molecule has 138 valence electrons. The van der Waals surface area contributed by atoms with Crippen molar-refractivity contribution in [2.24, 2.45) is 0 Å². The Morgan fingerprint density at radius 1 is 0.815 bits per heavy atom. The van der Waals surface area contributed by atoms with Crippen LogP contribution in [-0.2, 0) is 17.8 Å². The maximum absolute atomic E-state index is 12.1. The molecule has 4 nitrogen and oxygen atoms in total. The summed E-state index contributed by atoms with van der Waals surface area (Å²) >= 11 is 0. The molecule has 2 N–H and O–H groups in total. The minimum absolute atomic E-state index is 0.0903. The molecular weight excluding hydrogens is 336 g/mol. The van der Waals surface area contributed by atoms with Gasteiger partial charge in [0, 0.05) is 11.4 Å². The molecule has 1 amide bonds. The quantitative estimate of drug-likeness (QED) is 0.602. The number of anilines is 2. The van der Waals surface area contributed by atoms with E-state index in [0.717, 1.165) is 29.1 Å². The first-order valence-corrected chi connectivity index (χ1v) is 9.12. The highest BCUT2D eigenvalue weighted by molar-refractivity contribution is 5.93. The van der Waals surface area contributed by atoms with Gasteiger partial charge in [-0.25, -0.2) is 0 Å². The molecule has 0 saturated heterocycles. The molecule has 0 aromatic heterocycles. The molecule has 0 fully saturated rings. The maximum atomic E-state index is 12.1. The lowest BCUT2D eigenvalue weighted by Gasteiger charge is -2.10. The predicted molar refractivity (Wildman–Crippen MR) is 110 cm³/mol. The fourth-order valence-electron chi connectivity index (χ4n) is 2.62. The molecule has 0 atom stereocenters. The number of aryl methyl sites for hydroxylation is 1. The van der Waals surface area contributed by atoms with Crippen molar-refractivity contribution in [1.82, 2.24) is 0 Å². The van der Waals surface area contributed by atoms with Crippen LogP contribution in [0.15, 0.2) is 78.9 Å². The highest BCUT2D eigenvalue weighted by Gasteiger charge is 2.03. The molecule has 0 heterocycles. The molecule has 4 heteroatoms. The van der Waals surface area contributed by atoms with Crippen LogP contribution in [0.4, 0.5) is 11.4 Å². The van der Waals surface area contributed by atoms with Crippen LogP contribution < -0.4 is 15.4 Å². The van der Waals surface area contributed by atoms with Crippen LogP contribution in [0.25, 0.3) is 0 Å². The van der Waals surface area contributed by atoms with E-state index >= 15 is 0 Å². The average molecular weight is 360 g/mol. The molecule has 0 radical (unpaired) electrons. The van der Waals surface area contributed by atoms with Crippen molar-refractivity contribution >= 4 is 17.3 Å². The summed E-state index contributed by atoms with van der Waals surface area (Å²) < 4.78 is 5.75. The molecule has 0 spiro atoms. The van der Waals surface area contributed by atoms with Gasteiger partial charge in [0.2, 0.25) is 5.91 Å². The zero-order chi connectivity index (χ0) is 18.9. The van der Waals surface area contributed by atoms with Gasteiger partial charge in [-0.15, -0.1) is 0 Å². The Kier molecular flexibility index (Phi) is 6.47. The summed E-state index contributed by atoms with van der Waals surface area (Å²) in [7, 11) is 0. The summed E-state index contributed by atoms with van der Waals surface area (Å²) in [4.78, 5) is 12.1. The molecule has 3 aromatic carbocycles. The van der Waals surface area contributed by atoms with Gasteiger partial charge in [0.05, 0.1) is 6.54 Å². The standard InChI is InChI=1S/C23H24N2O2/c1-2-18-8-10-20(11-9-18)24-16-23(26)25-21-12-14-22(15-13-21)27-17-19-6-4-3-5-7-19/h3-15,24H,2,16-17H2,1H3,(H,25,26). The second-order valence-electron chi connectivity index (χ2n) is 6.25. The number of hydrogen-bond donors (Lipinski definition) is 2. The van der Waals surface area contributed by atoms with Crippen molar-refractivity contribution in [3.8, 4) is 5.75 Å². The zero-order valence-electron chi connectivity index (χ0n) is 15.4. The first kappa shape index (κ1) is 18.5. The van der Waals surface area contributed by atoms with Gasteiger partial charge in [0.1, 0.15) is 12.4 Å². The largest absolute Gasteiger partial charge is 0.489 e. The number of carbonyl (C=O) groups is 1. The van der Waals surface area contributed by atoms with E-state index in [1.165, 1.54) is 5.56 Å². The van der Waals surface area contributed by atoms with Crippen LogP contribution in [0.3, 0.4) is 0 Å². The molecule has 0 bridgehead atoms. The van der Waals surface area contributed by atoms with E-state index in [9.17, 15) is 4.79 Å². The Morgan fingerprint density at radius 3 is 2.15 bits per heavy atom. The fraction of sp³-hybridized carbons (Fsp3) is 0.174. The Bertz CT molecular complexity index is 844. The van der Waals surface area contributed by atoms with Crippen LogP contribution in [0, 0.1) is 0 Å². The van der Waals surface area contributed by atoms with E-state index in [-0.39, 0.29) is 12.5 Å². The third-order valence-corrected chi connectivity index (χ3v) is 4.20. The molecule has 3 rings (SSSR count). The topological polar surface area (TPSA) is 50.4 Å². The number of amides is 1. The first-order valence-electron chi connectivity index (χ1n) is 9.12. The number of hydrogen-bond acceptors (Lipinski definition) is 3. The lowest BCUT2D eigenvalue weighted by molar-refractivity contribution is -0.114. The summed E-state index contributed by atoms with van der Waals surface area (Å²) in [6.45, 7) is 2.86. The number of rotatable bonds is 8. The minimum Gasteiger partial charge on any atom is -0.489 e. The number of ether oxygens (including phenoxy) is 1. The van der Waals surface area contributed by atoms with Gasteiger partial charge in [-0.3, -0.25) is 4.79 Å². The second kappa shape index (κ2) is 9.43. The summed E-state index contributed by atoms with van der Waals surface area (Å²) in [6, 6.07) is 25.5. The molecule has 0 aliphatic carbocycles. The van der Waals surface area contributed by atoms with Crippen molar-refractivity contribution in [2.45, 2.75) is 20.0 Å².